The number of hydrogen-bond acceptors (Lipinski definition) is 12. The molecular weight excluding hydrogens is 1040 g/mol. The third-order valence-electron chi connectivity index (χ3n) is 19.7. The van der Waals surface area contributed by atoms with Gasteiger partial charge in [0.2, 0.25) is 5.91 Å². The Labute approximate surface area is 508 Å². The molecule has 1 amide bonds. The fourth-order valence-electron chi connectivity index (χ4n) is 14.9. The van der Waals surface area contributed by atoms with Crippen molar-refractivity contribution >= 4 is 17.8 Å². The van der Waals surface area contributed by atoms with E-state index in [0.29, 0.717) is 58.8 Å². The number of piperidine rings is 1. The number of hydrogen-bond donors (Lipinski definition) is 0. The minimum absolute atomic E-state index is 0.0250. The summed E-state index contributed by atoms with van der Waals surface area (Å²) >= 11 is 0. The minimum Gasteiger partial charge on any atom is -0.465 e. The van der Waals surface area contributed by atoms with Crippen molar-refractivity contribution in [1.82, 2.24) is 9.80 Å². The molecule has 0 N–H and O–H groups in total. The van der Waals surface area contributed by atoms with E-state index >= 15 is 0 Å². The molecule has 0 radical (unpaired) electrons. The van der Waals surface area contributed by atoms with E-state index in [2.05, 4.69) is 46.4 Å². The van der Waals surface area contributed by atoms with Crippen LogP contribution >= 0.6 is 0 Å². The molecule has 8 atom stereocenters. The lowest BCUT2D eigenvalue weighted by Crippen LogP contribution is -2.69. The molecule has 5 saturated heterocycles. The fraction of sp³-hybridized carbons (Fsp3) is 0.957. The summed E-state index contributed by atoms with van der Waals surface area (Å²) in [6.07, 6.45) is 42.4. The Morgan fingerprint density at radius 2 is 0.904 bits per heavy atom. The molecule has 5 aliphatic rings. The van der Waals surface area contributed by atoms with Gasteiger partial charge in [0.05, 0.1) is 62.6 Å². The molecular formula is C70H128N2O11. The van der Waals surface area contributed by atoms with Crippen LogP contribution in [0.4, 0.5) is 0 Å². The lowest BCUT2D eigenvalue weighted by atomic mass is 9.53. The van der Waals surface area contributed by atoms with Gasteiger partial charge in [-0.1, -0.05) is 221 Å². The van der Waals surface area contributed by atoms with Crippen LogP contribution in [0, 0.1) is 23.7 Å². The van der Waals surface area contributed by atoms with E-state index in [0.717, 1.165) is 90.3 Å². The second kappa shape index (κ2) is 42.9. The van der Waals surface area contributed by atoms with E-state index < -0.39 is 23.8 Å². The van der Waals surface area contributed by atoms with Crippen LogP contribution in [0.2, 0.25) is 0 Å². The average molecular weight is 1170 g/mol. The second-order valence-corrected chi connectivity index (χ2v) is 26.2. The van der Waals surface area contributed by atoms with Gasteiger partial charge in [0, 0.05) is 69.4 Å². The van der Waals surface area contributed by atoms with Crippen molar-refractivity contribution in [1.29, 1.82) is 0 Å². The van der Waals surface area contributed by atoms with Gasteiger partial charge < -0.3 is 47.7 Å². The molecule has 8 unspecified atom stereocenters. The number of carbonyl (C=O) groups is 3. The molecule has 484 valence electrons. The van der Waals surface area contributed by atoms with Crippen molar-refractivity contribution < 1.29 is 52.3 Å². The molecule has 0 aliphatic carbocycles. The normalized spacial score (nSPS) is 24.1. The van der Waals surface area contributed by atoms with Gasteiger partial charge in [0.25, 0.3) is 0 Å². The van der Waals surface area contributed by atoms with Crippen LogP contribution in [-0.2, 0) is 52.3 Å². The van der Waals surface area contributed by atoms with Crippen molar-refractivity contribution in [2.24, 2.45) is 23.7 Å². The first-order valence-corrected chi connectivity index (χ1v) is 35.8. The first-order chi connectivity index (χ1) is 40.7. The standard InChI is InChI=1S/C70H128N2O11/c1-7-13-17-21-25-29-33-37-50-76-64(77-51-38-34-30-26-22-18-14-8-2)45-43-62(74)80-54-58-59(70-57-72(61(73)42-41-49-71(11-5)12-6)56-69-48-47-60(82-69)66(68(69)70)67(58)83-70)55-81-63(75)44-46-65(78-52-39-35-31-27-23-19-15-9-3)79-53-40-36-32-28-24-20-16-10-4/h58-60,64-68H,7-57H2,1-6H3. The van der Waals surface area contributed by atoms with Crippen molar-refractivity contribution in [3.63, 3.8) is 0 Å². The maximum absolute atomic E-state index is 14.4. The molecule has 83 heavy (non-hydrogen) atoms. The summed E-state index contributed by atoms with van der Waals surface area (Å²) in [5.41, 5.74) is -1.28. The highest BCUT2D eigenvalue weighted by Crippen LogP contribution is 2.70. The highest BCUT2D eigenvalue weighted by molar-refractivity contribution is 5.77. The molecule has 5 heterocycles. The zero-order valence-electron chi connectivity index (χ0n) is 54.6. The Bertz CT molecular complexity index is 1640. The van der Waals surface area contributed by atoms with E-state index in [1.54, 1.807) is 0 Å². The molecule has 4 bridgehead atoms. The van der Waals surface area contributed by atoms with Gasteiger partial charge in [-0.15, -0.1) is 0 Å². The van der Waals surface area contributed by atoms with Crippen LogP contribution < -0.4 is 0 Å². The van der Waals surface area contributed by atoms with Crippen LogP contribution in [0.1, 0.15) is 298 Å². The van der Waals surface area contributed by atoms with Crippen molar-refractivity contribution in [3.05, 3.63) is 0 Å². The van der Waals surface area contributed by atoms with Gasteiger partial charge >= 0.3 is 11.9 Å². The quantitative estimate of drug-likeness (QED) is 0.0326. The molecule has 0 aromatic rings. The second-order valence-electron chi connectivity index (χ2n) is 26.2. The fourth-order valence-corrected chi connectivity index (χ4v) is 14.9. The predicted molar refractivity (Wildman–Crippen MR) is 334 cm³/mol. The summed E-state index contributed by atoms with van der Waals surface area (Å²) < 4.78 is 52.6. The number of carbonyl (C=O) groups excluding carboxylic acids is 3. The maximum Gasteiger partial charge on any atom is 0.305 e. The third kappa shape index (κ3) is 24.9. The van der Waals surface area contributed by atoms with Crippen molar-refractivity contribution in [2.75, 3.05) is 72.4 Å². The number of likely N-dealkylation sites (tertiary alicyclic amines) is 1. The lowest BCUT2D eigenvalue weighted by Gasteiger charge is -2.55. The summed E-state index contributed by atoms with van der Waals surface area (Å²) in [6, 6.07) is 0. The largest absolute Gasteiger partial charge is 0.465 e. The lowest BCUT2D eigenvalue weighted by molar-refractivity contribution is -0.183. The Balaban J connectivity index is 1.23. The van der Waals surface area contributed by atoms with Crippen LogP contribution in [0.15, 0.2) is 0 Å². The molecule has 5 fully saturated rings. The van der Waals surface area contributed by atoms with Gasteiger partial charge in [-0.05, 0) is 64.6 Å². The Morgan fingerprint density at radius 1 is 0.494 bits per heavy atom. The maximum atomic E-state index is 14.4. The Hall–Kier alpha value is -1.87. The third-order valence-corrected chi connectivity index (χ3v) is 19.7. The van der Waals surface area contributed by atoms with Gasteiger partial charge in [0.15, 0.2) is 12.6 Å². The molecule has 0 aromatic heterocycles. The molecule has 13 heteroatoms. The molecule has 2 spiro atoms. The molecule has 0 saturated carbocycles. The number of amides is 1. The van der Waals surface area contributed by atoms with Crippen LogP contribution in [0.3, 0.4) is 0 Å². The number of unbranched alkanes of at least 4 members (excludes halogenated alkanes) is 28. The summed E-state index contributed by atoms with van der Waals surface area (Å²) in [5, 5.41) is 0. The van der Waals surface area contributed by atoms with Crippen molar-refractivity contribution in [3.8, 4) is 0 Å². The first kappa shape index (κ1) is 71.9. The smallest absolute Gasteiger partial charge is 0.305 e. The molecule has 0 aromatic carbocycles. The van der Waals surface area contributed by atoms with Gasteiger partial charge in [-0.25, -0.2) is 0 Å². The van der Waals surface area contributed by atoms with Gasteiger partial charge in [-0.3, -0.25) is 14.4 Å². The first-order valence-electron chi connectivity index (χ1n) is 35.8. The topological polar surface area (TPSA) is 132 Å². The van der Waals surface area contributed by atoms with E-state index in [1.165, 1.54) is 154 Å². The highest BCUT2D eigenvalue weighted by atomic mass is 16.7. The Kier molecular flexibility index (Phi) is 37.2. The number of nitrogens with zero attached hydrogens (tertiary/aromatic N) is 2. The van der Waals surface area contributed by atoms with Gasteiger partial charge in [-0.2, -0.15) is 0 Å². The van der Waals surface area contributed by atoms with Crippen LogP contribution in [-0.4, -0.2) is 136 Å². The van der Waals surface area contributed by atoms with E-state index in [9.17, 15) is 14.4 Å². The predicted octanol–water partition coefficient (Wildman–Crippen LogP) is 16.4. The summed E-state index contributed by atoms with van der Waals surface area (Å²) in [7, 11) is 0. The van der Waals surface area contributed by atoms with E-state index in [4.69, 9.17) is 37.9 Å². The monoisotopic (exact) mass is 1170 g/mol. The summed E-state index contributed by atoms with van der Waals surface area (Å²) in [5.74, 6) is -0.760. The number of rotatable bonds is 56. The SMILES string of the molecule is CCCCCCCCCCOC(CCC(=O)OCC1C2OC3(CN(C(=O)CCCN(CC)CC)CC45CCC(O4)C2C53)C1COC(=O)CCC(OCCCCCCCCCC)OCCCCCCCCCC)OCCCCCCCCCC. The molecule has 13 nitrogen and oxygen atoms in total. The van der Waals surface area contributed by atoms with E-state index in [-0.39, 0.29) is 79.8 Å². The zero-order chi connectivity index (χ0) is 59.2. The summed E-state index contributed by atoms with van der Waals surface area (Å²) in [4.78, 5) is 46.8. The molecule has 5 rings (SSSR count). The zero-order valence-corrected chi connectivity index (χ0v) is 54.6. The number of esters is 2. The average Bonchev–Trinajstić information content (AvgIpc) is 1.75. The summed E-state index contributed by atoms with van der Waals surface area (Å²) in [6.45, 7) is 19.9. The molecule has 5 aliphatic heterocycles. The number of fused-ring (bicyclic) bond motifs is 4. The van der Waals surface area contributed by atoms with Gasteiger partial charge in [0.1, 0.15) is 0 Å². The van der Waals surface area contributed by atoms with Crippen LogP contribution in [0.5, 0.6) is 0 Å². The Morgan fingerprint density at radius 3 is 1.33 bits per heavy atom. The van der Waals surface area contributed by atoms with Crippen LogP contribution in [0.25, 0.3) is 0 Å². The highest BCUT2D eigenvalue weighted by Gasteiger charge is 2.81. The minimum atomic E-state index is -0.785. The van der Waals surface area contributed by atoms with E-state index in [1.807, 2.05) is 4.90 Å². The van der Waals surface area contributed by atoms with Crippen molar-refractivity contribution in [2.45, 2.75) is 334 Å². The number of ether oxygens (including phenoxy) is 8.